The van der Waals surface area contributed by atoms with Crippen LogP contribution >= 0.6 is 11.8 Å². The molecule has 1 heterocycles. The molecule has 4 fully saturated rings. The number of aliphatic hydroxyl groups is 2. The number of thioether (sulfide) groups is 1. The Morgan fingerprint density at radius 2 is 1.86 bits per heavy atom. The highest BCUT2D eigenvalue weighted by Crippen LogP contribution is 2.72. The summed E-state index contributed by atoms with van der Waals surface area (Å²) in [6, 6.07) is 0. The van der Waals surface area contributed by atoms with E-state index in [1.807, 2.05) is 6.08 Å². The van der Waals surface area contributed by atoms with E-state index >= 15 is 0 Å². The first-order valence-corrected chi connectivity index (χ1v) is 17.0. The Labute approximate surface area is 264 Å². The highest BCUT2D eigenvalue weighted by molar-refractivity contribution is 8.13. The molecule has 0 radical (unpaired) electrons. The molecule has 0 unspecified atom stereocenters. The van der Waals surface area contributed by atoms with Crippen molar-refractivity contribution in [2.24, 2.45) is 34.5 Å². The van der Waals surface area contributed by atoms with E-state index in [1.54, 1.807) is 39.2 Å². The molecule has 0 aromatic carbocycles. The van der Waals surface area contributed by atoms with Crippen LogP contribution in [0.15, 0.2) is 23.8 Å². The van der Waals surface area contributed by atoms with Crippen LogP contribution in [-0.4, -0.2) is 74.4 Å². The molecule has 4 aliphatic carbocycles. The smallest absolute Gasteiger partial charge is 0.314 e. The molecule has 5 aliphatic rings. The third kappa shape index (κ3) is 4.94. The predicted octanol–water partition coefficient (Wildman–Crippen LogP) is 4.32. The maximum absolute atomic E-state index is 12.4. The van der Waals surface area contributed by atoms with Crippen LogP contribution in [0.1, 0.15) is 87.0 Å². The molecular weight excluding hydrogens is 584 g/mol. The number of aliphatic hydroxyl groups excluding tert-OH is 1. The molecule has 1 aliphatic heterocycles. The molecule has 9 nitrogen and oxygen atoms in total. The van der Waals surface area contributed by atoms with Gasteiger partial charge in [-0.2, -0.15) is 0 Å². The standard InChI is InChI=1S/C34H48O9S/c1-18-25(17-33(7,40)30(3,4)43-27(38)16-28(39)44-8)42-34(18)26(37)15-23-29-22(10-12-32(23,34)6)31(5)11-9-21(36)13-20(31)14-24(29)41-19(2)35/h9,11,13,18,22-26,29,37,40H,10,12,14-17H2,1-8H3/t18-,22+,23+,24-,25-,26+,29+,31+,32+,33-,34-/m1/s1. The van der Waals surface area contributed by atoms with Crippen LogP contribution in [-0.2, 0) is 33.4 Å². The van der Waals surface area contributed by atoms with Crippen molar-refractivity contribution in [3.63, 3.8) is 0 Å². The molecule has 0 aromatic rings. The Bertz CT molecular complexity index is 1300. The monoisotopic (exact) mass is 632 g/mol. The first-order valence-electron chi connectivity index (χ1n) is 15.8. The Kier molecular flexibility index (Phi) is 8.38. The molecule has 0 amide bonds. The number of ether oxygens (including phenoxy) is 3. The fraction of sp³-hybridized carbons (Fsp3) is 0.765. The van der Waals surface area contributed by atoms with Gasteiger partial charge in [0.05, 0.1) is 12.2 Å². The topological polar surface area (TPSA) is 136 Å². The van der Waals surface area contributed by atoms with Gasteiger partial charge >= 0.3 is 11.9 Å². The Morgan fingerprint density at radius 1 is 1.18 bits per heavy atom. The van der Waals surface area contributed by atoms with Gasteiger partial charge in [-0.25, -0.2) is 0 Å². The quantitative estimate of drug-likeness (QED) is 0.308. The molecule has 3 saturated carbocycles. The van der Waals surface area contributed by atoms with Gasteiger partial charge in [-0.1, -0.05) is 44.2 Å². The maximum Gasteiger partial charge on any atom is 0.314 e. The molecule has 244 valence electrons. The number of hydrogen-bond acceptors (Lipinski definition) is 10. The van der Waals surface area contributed by atoms with Gasteiger partial charge in [-0.15, -0.1) is 0 Å². The van der Waals surface area contributed by atoms with Gasteiger partial charge in [-0.3, -0.25) is 19.2 Å². The molecule has 0 bridgehead atoms. The van der Waals surface area contributed by atoms with E-state index in [2.05, 4.69) is 20.8 Å². The zero-order chi connectivity index (χ0) is 32.6. The lowest BCUT2D eigenvalue weighted by molar-refractivity contribution is -0.344. The molecule has 2 N–H and O–H groups in total. The van der Waals surface area contributed by atoms with Crippen molar-refractivity contribution in [3.05, 3.63) is 23.8 Å². The summed E-state index contributed by atoms with van der Waals surface area (Å²) in [7, 11) is 0. The zero-order valence-electron chi connectivity index (χ0n) is 27.2. The van der Waals surface area contributed by atoms with E-state index in [0.717, 1.165) is 30.2 Å². The minimum Gasteiger partial charge on any atom is -0.462 e. The van der Waals surface area contributed by atoms with Crippen LogP contribution < -0.4 is 0 Å². The summed E-state index contributed by atoms with van der Waals surface area (Å²) in [5.41, 5.74) is -3.34. The summed E-state index contributed by atoms with van der Waals surface area (Å²) in [5, 5.41) is 23.0. The lowest BCUT2D eigenvalue weighted by Gasteiger charge is -2.66. The van der Waals surface area contributed by atoms with Gasteiger partial charge in [0, 0.05) is 42.4 Å². The number of ketones is 1. The molecule has 5 rings (SSSR count). The van der Waals surface area contributed by atoms with Crippen LogP contribution in [0, 0.1) is 34.5 Å². The van der Waals surface area contributed by atoms with Crippen LogP contribution in [0.4, 0.5) is 0 Å². The summed E-state index contributed by atoms with van der Waals surface area (Å²) in [6.07, 6.45) is 7.87. The van der Waals surface area contributed by atoms with Crippen LogP contribution in [0.25, 0.3) is 0 Å². The van der Waals surface area contributed by atoms with E-state index in [1.165, 1.54) is 6.92 Å². The van der Waals surface area contributed by atoms with Gasteiger partial charge in [0.25, 0.3) is 0 Å². The van der Waals surface area contributed by atoms with E-state index in [-0.39, 0.29) is 58.8 Å². The van der Waals surface area contributed by atoms with Crippen molar-refractivity contribution in [2.75, 3.05) is 6.26 Å². The van der Waals surface area contributed by atoms with E-state index < -0.39 is 46.5 Å². The highest BCUT2D eigenvalue weighted by atomic mass is 32.2. The molecule has 11 atom stereocenters. The summed E-state index contributed by atoms with van der Waals surface area (Å²) >= 11 is 0.955. The maximum atomic E-state index is 12.4. The molecule has 1 spiro atoms. The molecule has 0 aromatic heterocycles. The van der Waals surface area contributed by atoms with Crippen LogP contribution in [0.3, 0.4) is 0 Å². The summed E-state index contributed by atoms with van der Waals surface area (Å²) in [6.45, 7) is 12.7. The average Bonchev–Trinajstić information content (AvgIpc) is 3.16. The zero-order valence-corrected chi connectivity index (χ0v) is 28.0. The third-order valence-electron chi connectivity index (χ3n) is 12.5. The number of esters is 2. The molecule has 10 heteroatoms. The Balaban J connectivity index is 1.38. The number of allylic oxidation sites excluding steroid dienone is 3. The largest absolute Gasteiger partial charge is 0.462 e. The first kappa shape index (κ1) is 33.4. The van der Waals surface area contributed by atoms with Gasteiger partial charge in [0.2, 0.25) is 0 Å². The number of carbonyl (C=O) groups is 4. The Hall–Kier alpha value is -2.01. The van der Waals surface area contributed by atoms with Crippen molar-refractivity contribution >= 4 is 34.6 Å². The number of hydrogen-bond donors (Lipinski definition) is 2. The fourth-order valence-electron chi connectivity index (χ4n) is 9.70. The second-order valence-corrected chi connectivity index (χ2v) is 15.9. The average molecular weight is 633 g/mol. The van der Waals surface area contributed by atoms with Crippen LogP contribution in [0.5, 0.6) is 0 Å². The highest BCUT2D eigenvalue weighted by Gasteiger charge is 2.76. The SMILES string of the molecule is CSC(=O)CC(=O)OC(C)(C)[C@](C)(O)C[C@H]1O[C@]2([C@@H]1C)[C@@H](O)C[C@H]1[C@H]3[C@H](OC(C)=O)CC4=CC(=O)C=C[C@]4(C)[C@H]3CC[C@@]12C. The van der Waals surface area contributed by atoms with Gasteiger partial charge in [0.15, 0.2) is 10.9 Å². The predicted molar refractivity (Wildman–Crippen MR) is 164 cm³/mol. The summed E-state index contributed by atoms with van der Waals surface area (Å²) in [5.74, 6) is -1.07. The fourth-order valence-corrected chi connectivity index (χ4v) is 9.96. The minimum atomic E-state index is -1.47. The normalized spacial score (nSPS) is 42.3. The molecule has 44 heavy (non-hydrogen) atoms. The second-order valence-electron chi connectivity index (χ2n) is 15.0. The van der Waals surface area contributed by atoms with Gasteiger partial charge < -0.3 is 24.4 Å². The second kappa shape index (κ2) is 11.1. The van der Waals surface area contributed by atoms with Gasteiger partial charge in [0.1, 0.15) is 29.3 Å². The molecule has 1 saturated heterocycles. The van der Waals surface area contributed by atoms with Gasteiger partial charge in [-0.05, 0) is 70.3 Å². The number of fused-ring (bicyclic) bond motifs is 6. The first-order chi connectivity index (χ1) is 20.3. The summed E-state index contributed by atoms with van der Waals surface area (Å²) < 4.78 is 18.3. The number of carbonyl (C=O) groups excluding carboxylic acids is 4. The molecular formula is C34H48O9S. The van der Waals surface area contributed by atoms with E-state index in [0.29, 0.717) is 12.8 Å². The van der Waals surface area contributed by atoms with Crippen molar-refractivity contribution in [2.45, 2.75) is 122 Å². The Morgan fingerprint density at radius 3 is 2.48 bits per heavy atom. The van der Waals surface area contributed by atoms with Crippen molar-refractivity contribution in [1.82, 2.24) is 0 Å². The third-order valence-corrected chi connectivity index (χ3v) is 13.1. The van der Waals surface area contributed by atoms with E-state index in [9.17, 15) is 29.4 Å². The minimum absolute atomic E-state index is 0.0141. The summed E-state index contributed by atoms with van der Waals surface area (Å²) in [4.78, 5) is 48.7. The van der Waals surface area contributed by atoms with Crippen LogP contribution in [0.2, 0.25) is 0 Å². The van der Waals surface area contributed by atoms with Crippen molar-refractivity contribution < 1.29 is 43.6 Å². The van der Waals surface area contributed by atoms with Crippen molar-refractivity contribution in [3.8, 4) is 0 Å². The lowest BCUT2D eigenvalue weighted by Crippen LogP contribution is -2.72. The van der Waals surface area contributed by atoms with Crippen molar-refractivity contribution in [1.29, 1.82) is 0 Å². The number of rotatable bonds is 7. The van der Waals surface area contributed by atoms with E-state index in [4.69, 9.17) is 14.2 Å². The lowest BCUT2D eigenvalue weighted by atomic mass is 9.45.